The Morgan fingerprint density at radius 2 is 0.770 bits per heavy atom. The maximum absolute atomic E-state index is 7.14. The number of furan rings is 1. The molecule has 1 aromatic heterocycles. The van der Waals surface area contributed by atoms with Crippen LogP contribution >= 0.6 is 0 Å². The van der Waals surface area contributed by atoms with Gasteiger partial charge in [-0.15, -0.1) is 0 Å². The van der Waals surface area contributed by atoms with Gasteiger partial charge in [-0.2, -0.15) is 0 Å². The Morgan fingerprint density at radius 3 is 1.31 bits per heavy atom. The summed E-state index contributed by atoms with van der Waals surface area (Å²) in [6.07, 6.45) is 0. The number of hydrogen-bond acceptors (Lipinski definition) is 4. The fourth-order valence-electron chi connectivity index (χ4n) is 13.4. The second-order valence-corrected chi connectivity index (χ2v) is 22.8. The molecular weight excluding hydrogens is 903 g/mol. The summed E-state index contributed by atoms with van der Waals surface area (Å²) in [4.78, 5) is 2.45. The Labute approximate surface area is 432 Å². The second-order valence-electron chi connectivity index (χ2n) is 22.8. The quantitative estimate of drug-likeness (QED) is 0.177. The maximum atomic E-state index is 7.14. The van der Waals surface area contributed by atoms with Crippen molar-refractivity contribution in [2.75, 3.05) is 4.90 Å². The highest BCUT2D eigenvalue weighted by Gasteiger charge is 2.53. The second kappa shape index (κ2) is 15.0. The van der Waals surface area contributed by atoms with Gasteiger partial charge in [-0.05, 0) is 133 Å². The molecular formula is C70H53NO3. The van der Waals surface area contributed by atoms with Crippen molar-refractivity contribution in [3.05, 3.63) is 268 Å². The van der Waals surface area contributed by atoms with Gasteiger partial charge in [0.1, 0.15) is 34.2 Å². The van der Waals surface area contributed by atoms with Crippen LogP contribution in [-0.2, 0) is 21.7 Å². The molecule has 4 heteroatoms. The van der Waals surface area contributed by atoms with Crippen LogP contribution in [0.2, 0.25) is 0 Å². The van der Waals surface area contributed by atoms with Crippen molar-refractivity contribution in [2.45, 2.75) is 63.2 Å². The van der Waals surface area contributed by atoms with Gasteiger partial charge in [-0.25, -0.2) is 0 Å². The average Bonchev–Trinajstić information content (AvgIpc) is 4.06. The molecule has 4 aliphatic rings. The van der Waals surface area contributed by atoms with Crippen molar-refractivity contribution in [1.82, 2.24) is 0 Å². The molecule has 0 saturated heterocycles. The molecule has 2 aliphatic carbocycles. The monoisotopic (exact) mass is 955 g/mol. The first-order chi connectivity index (χ1) is 35.9. The molecule has 0 radical (unpaired) electrons. The minimum Gasteiger partial charge on any atom is -0.457 e. The number of benzene rings is 10. The fourth-order valence-corrected chi connectivity index (χ4v) is 13.4. The van der Waals surface area contributed by atoms with Crippen LogP contribution in [0, 0.1) is 0 Å². The van der Waals surface area contributed by atoms with Crippen molar-refractivity contribution in [2.24, 2.45) is 0 Å². The number of ether oxygens (including phenoxy) is 2. The molecule has 0 fully saturated rings. The first kappa shape index (κ1) is 43.0. The molecule has 4 nitrogen and oxygen atoms in total. The summed E-state index contributed by atoms with van der Waals surface area (Å²) in [5.74, 6) is 3.42. The molecule has 11 aromatic rings. The number of anilines is 3. The van der Waals surface area contributed by atoms with E-state index in [-0.39, 0.29) is 10.8 Å². The van der Waals surface area contributed by atoms with Crippen LogP contribution in [0.5, 0.6) is 23.0 Å². The van der Waals surface area contributed by atoms with Gasteiger partial charge in [0.25, 0.3) is 0 Å². The van der Waals surface area contributed by atoms with Crippen molar-refractivity contribution in [1.29, 1.82) is 0 Å². The Bertz CT molecular complexity index is 4090. The zero-order valence-corrected chi connectivity index (χ0v) is 42.4. The van der Waals surface area contributed by atoms with Crippen molar-refractivity contribution in [3.63, 3.8) is 0 Å². The van der Waals surface area contributed by atoms with Gasteiger partial charge in [-0.3, -0.25) is 0 Å². The van der Waals surface area contributed by atoms with Gasteiger partial charge >= 0.3 is 0 Å². The number of para-hydroxylation sites is 3. The largest absolute Gasteiger partial charge is 0.457 e. The van der Waals surface area contributed by atoms with Crippen LogP contribution < -0.4 is 14.4 Å². The Kier molecular flexibility index (Phi) is 8.72. The lowest BCUT2D eigenvalue weighted by atomic mass is 9.65. The van der Waals surface area contributed by atoms with E-state index in [4.69, 9.17) is 13.9 Å². The van der Waals surface area contributed by atoms with Gasteiger partial charge in [0.2, 0.25) is 0 Å². The molecule has 356 valence electrons. The lowest BCUT2D eigenvalue weighted by Crippen LogP contribution is -2.33. The molecule has 74 heavy (non-hydrogen) atoms. The van der Waals surface area contributed by atoms with Gasteiger partial charge in [-0.1, -0.05) is 187 Å². The van der Waals surface area contributed by atoms with Crippen molar-refractivity contribution >= 4 is 39.0 Å². The molecule has 15 rings (SSSR count). The molecule has 0 bridgehead atoms. The lowest BCUT2D eigenvalue weighted by molar-refractivity contribution is 0.436. The Morgan fingerprint density at radius 1 is 0.338 bits per heavy atom. The fraction of sp³-hybridized carbons (Fsp3) is 0.143. The van der Waals surface area contributed by atoms with Crippen LogP contribution in [0.4, 0.5) is 17.1 Å². The molecule has 0 unspecified atom stereocenters. The van der Waals surface area contributed by atoms with Crippen LogP contribution in [0.3, 0.4) is 0 Å². The van der Waals surface area contributed by atoms with Gasteiger partial charge in [0, 0.05) is 39.0 Å². The van der Waals surface area contributed by atoms with Crippen LogP contribution in [-0.4, -0.2) is 0 Å². The van der Waals surface area contributed by atoms with Crippen molar-refractivity contribution < 1.29 is 13.9 Å². The van der Waals surface area contributed by atoms with E-state index in [1.807, 2.05) is 6.07 Å². The van der Waals surface area contributed by atoms with E-state index in [0.29, 0.717) is 0 Å². The van der Waals surface area contributed by atoms with Gasteiger partial charge in [0.15, 0.2) is 0 Å². The highest BCUT2D eigenvalue weighted by atomic mass is 16.5. The van der Waals surface area contributed by atoms with E-state index in [1.54, 1.807) is 0 Å². The zero-order valence-electron chi connectivity index (χ0n) is 42.4. The highest BCUT2D eigenvalue weighted by molar-refractivity contribution is 6.13. The average molecular weight is 956 g/mol. The Hall–Kier alpha value is -8.60. The van der Waals surface area contributed by atoms with Crippen molar-refractivity contribution in [3.8, 4) is 45.3 Å². The van der Waals surface area contributed by atoms with Crippen LogP contribution in [0.1, 0.15) is 97.2 Å². The highest BCUT2D eigenvalue weighted by Crippen LogP contribution is 2.65. The van der Waals surface area contributed by atoms with E-state index in [9.17, 15) is 0 Å². The van der Waals surface area contributed by atoms with E-state index in [2.05, 4.69) is 253 Å². The number of fused-ring (bicyclic) bond motifs is 21. The first-order valence-electron chi connectivity index (χ1n) is 26.0. The number of rotatable bonds is 3. The third-order valence-corrected chi connectivity index (χ3v) is 16.7. The molecule has 3 heterocycles. The van der Waals surface area contributed by atoms with Gasteiger partial charge in [0.05, 0.1) is 21.9 Å². The number of nitrogens with zero attached hydrogens (tertiary/aromatic N) is 1. The minimum absolute atomic E-state index is 0.0891. The smallest absolute Gasteiger partial charge is 0.137 e. The van der Waals surface area contributed by atoms with E-state index in [1.165, 1.54) is 55.6 Å². The van der Waals surface area contributed by atoms with Crippen LogP contribution in [0.25, 0.3) is 44.2 Å². The SMILES string of the molecule is CC(C)(C)c1ccc2c(c1)C1(c3ccccc3Oc3ccc(N(c4ccc5c(c4)C4(c6ccccc6O5)c5ccccc5-c5ccccc54)c4cccc5oc6ccccc6c45)cc31)c1cc(C(C)(C)C)ccc1-2. The predicted octanol–water partition coefficient (Wildman–Crippen LogP) is 18.6. The number of hydrogen-bond donors (Lipinski definition) is 0. The molecule has 2 aliphatic heterocycles. The maximum Gasteiger partial charge on any atom is 0.137 e. The molecule has 0 N–H and O–H groups in total. The topological polar surface area (TPSA) is 34.8 Å². The predicted molar refractivity (Wildman–Crippen MR) is 301 cm³/mol. The normalized spacial score (nSPS) is 14.8. The molecule has 2 spiro atoms. The Balaban J connectivity index is 1.05. The molecule has 10 aromatic carbocycles. The van der Waals surface area contributed by atoms with Crippen LogP contribution in [0.15, 0.2) is 217 Å². The lowest BCUT2D eigenvalue weighted by Gasteiger charge is -2.41. The summed E-state index contributed by atoms with van der Waals surface area (Å²) in [5, 5.41) is 2.10. The van der Waals surface area contributed by atoms with E-state index >= 15 is 0 Å². The molecule has 0 amide bonds. The third-order valence-electron chi connectivity index (χ3n) is 16.7. The van der Waals surface area contributed by atoms with E-state index in [0.717, 1.165) is 84.3 Å². The zero-order chi connectivity index (χ0) is 49.9. The summed E-state index contributed by atoms with van der Waals surface area (Å²) in [6, 6.07) is 78.2. The van der Waals surface area contributed by atoms with Gasteiger partial charge < -0.3 is 18.8 Å². The molecule has 0 saturated carbocycles. The molecule has 0 atom stereocenters. The first-order valence-corrected chi connectivity index (χ1v) is 26.0. The summed E-state index contributed by atoms with van der Waals surface area (Å²) in [5.41, 5.74) is 20.2. The van der Waals surface area contributed by atoms with E-state index < -0.39 is 10.8 Å². The summed E-state index contributed by atoms with van der Waals surface area (Å²) < 4.78 is 20.8. The minimum atomic E-state index is -0.720. The summed E-state index contributed by atoms with van der Waals surface area (Å²) in [7, 11) is 0. The summed E-state index contributed by atoms with van der Waals surface area (Å²) in [6.45, 7) is 13.9. The standard InChI is InChI=1S/C70H53NO3/c1-67(2,3)42-30-34-48-49-35-31-43(68(4,5)6)39-56(49)70(55(48)38-42)54-24-13-16-28-62(54)74-64-37-33-45(41-58(64)70)71(59-25-17-29-65-66(59)50-20-9-14-26-60(50)72-65)44-32-36-63-57(40-44)69(53-23-12-15-27-61(53)73-63)51-21-10-7-18-46(51)47-19-8-11-22-52(47)69/h7-41H,1-6H3. The summed E-state index contributed by atoms with van der Waals surface area (Å²) >= 11 is 0. The third kappa shape index (κ3) is 5.68.